The van der Waals surface area contributed by atoms with E-state index in [1.54, 1.807) is 6.07 Å². The summed E-state index contributed by atoms with van der Waals surface area (Å²) in [5.74, 6) is -0.185. The van der Waals surface area contributed by atoms with Crippen molar-refractivity contribution in [2.45, 2.75) is 25.3 Å². The second kappa shape index (κ2) is 5.78. The number of carbonyl (C=O) groups excluding carboxylic acids is 1. The summed E-state index contributed by atoms with van der Waals surface area (Å²) in [6, 6.07) is 12.8. The molecule has 3 nitrogen and oxygen atoms in total. The molecule has 0 unspecified atom stereocenters. The van der Waals surface area contributed by atoms with Crippen molar-refractivity contribution in [1.82, 2.24) is 5.32 Å². The number of rotatable bonds is 2. The highest BCUT2D eigenvalue weighted by molar-refractivity contribution is 6.32. The molecule has 0 heterocycles. The molecule has 2 aromatic carbocycles. The summed E-state index contributed by atoms with van der Waals surface area (Å²) in [4.78, 5) is 12.3. The molecule has 1 atom stereocenters. The number of carbonyl (C=O) groups is 1. The minimum absolute atomic E-state index is 0.0174. The molecule has 0 aromatic heterocycles. The Hall–Kier alpha value is -2.00. The lowest BCUT2D eigenvalue weighted by Crippen LogP contribution is -2.30. The molecule has 0 saturated heterocycles. The fourth-order valence-corrected chi connectivity index (χ4v) is 2.97. The maximum Gasteiger partial charge on any atom is 0.251 e. The number of benzene rings is 2. The highest BCUT2D eigenvalue weighted by Crippen LogP contribution is 2.30. The average molecular weight is 302 g/mol. The van der Waals surface area contributed by atoms with Gasteiger partial charge < -0.3 is 10.4 Å². The van der Waals surface area contributed by atoms with Gasteiger partial charge in [0.15, 0.2) is 0 Å². The zero-order chi connectivity index (χ0) is 14.8. The molecular weight excluding hydrogens is 286 g/mol. The van der Waals surface area contributed by atoms with Crippen LogP contribution < -0.4 is 5.32 Å². The largest absolute Gasteiger partial charge is 0.506 e. The van der Waals surface area contributed by atoms with Crippen LogP contribution in [0.2, 0.25) is 5.02 Å². The van der Waals surface area contributed by atoms with Gasteiger partial charge in [0, 0.05) is 5.56 Å². The predicted octanol–water partition coefficient (Wildman–Crippen LogP) is 3.85. The fraction of sp³-hybridized carbons (Fsp3) is 0.235. The molecule has 2 N–H and O–H groups in total. The number of halogens is 1. The molecule has 3 rings (SSSR count). The Kier molecular flexibility index (Phi) is 3.84. The lowest BCUT2D eigenvalue weighted by atomic mass is 9.87. The molecule has 21 heavy (non-hydrogen) atoms. The molecule has 1 aliphatic rings. The van der Waals surface area contributed by atoms with Crippen LogP contribution in [0.5, 0.6) is 5.75 Å². The van der Waals surface area contributed by atoms with Gasteiger partial charge in [-0.25, -0.2) is 0 Å². The first-order chi connectivity index (χ1) is 10.1. The van der Waals surface area contributed by atoms with Gasteiger partial charge in [-0.05, 0) is 48.6 Å². The molecule has 0 bridgehead atoms. The summed E-state index contributed by atoms with van der Waals surface area (Å²) < 4.78 is 0. The molecule has 108 valence electrons. The minimum Gasteiger partial charge on any atom is -0.506 e. The first kappa shape index (κ1) is 14.0. The van der Waals surface area contributed by atoms with E-state index in [4.69, 9.17) is 11.6 Å². The Balaban J connectivity index is 1.81. The molecule has 1 amide bonds. The summed E-state index contributed by atoms with van der Waals surface area (Å²) in [7, 11) is 0. The Morgan fingerprint density at radius 1 is 1.24 bits per heavy atom. The molecule has 0 saturated carbocycles. The number of hydrogen-bond donors (Lipinski definition) is 2. The van der Waals surface area contributed by atoms with Gasteiger partial charge >= 0.3 is 0 Å². The first-order valence-corrected chi connectivity index (χ1v) is 7.40. The van der Waals surface area contributed by atoms with Crippen LogP contribution in [0.15, 0.2) is 42.5 Å². The second-order valence-corrected chi connectivity index (χ2v) is 5.69. The van der Waals surface area contributed by atoms with Crippen molar-refractivity contribution in [1.29, 1.82) is 0 Å². The zero-order valence-electron chi connectivity index (χ0n) is 11.5. The van der Waals surface area contributed by atoms with Crippen molar-refractivity contribution in [3.8, 4) is 5.75 Å². The lowest BCUT2D eigenvalue weighted by molar-refractivity contribution is 0.0933. The number of nitrogens with one attached hydrogen (secondary N) is 1. The van der Waals surface area contributed by atoms with Gasteiger partial charge in [-0.1, -0.05) is 35.9 Å². The number of phenolic OH excluding ortho intramolecular Hbond substituents is 1. The topological polar surface area (TPSA) is 49.3 Å². The van der Waals surface area contributed by atoms with Crippen LogP contribution in [-0.2, 0) is 6.42 Å². The van der Waals surface area contributed by atoms with Gasteiger partial charge in [0.05, 0.1) is 11.1 Å². The molecular formula is C17H16ClNO2. The smallest absolute Gasteiger partial charge is 0.251 e. The highest BCUT2D eigenvalue weighted by Gasteiger charge is 2.22. The third-order valence-corrected chi connectivity index (χ3v) is 4.19. The van der Waals surface area contributed by atoms with E-state index in [1.807, 2.05) is 12.1 Å². The van der Waals surface area contributed by atoms with Crippen LogP contribution in [0.25, 0.3) is 0 Å². The average Bonchev–Trinajstić information content (AvgIpc) is 2.50. The SMILES string of the molecule is O=C(N[C@H]1CCCc2ccccc21)c1ccc(O)c(Cl)c1. The van der Waals surface area contributed by atoms with Gasteiger partial charge in [0.25, 0.3) is 5.91 Å². The predicted molar refractivity (Wildman–Crippen MR) is 82.7 cm³/mol. The first-order valence-electron chi connectivity index (χ1n) is 7.02. The molecule has 0 aliphatic heterocycles. The maximum atomic E-state index is 12.3. The summed E-state index contributed by atoms with van der Waals surface area (Å²) in [5.41, 5.74) is 2.96. The van der Waals surface area contributed by atoms with E-state index in [-0.39, 0.29) is 22.7 Å². The van der Waals surface area contributed by atoms with Crippen LogP contribution in [0.3, 0.4) is 0 Å². The van der Waals surface area contributed by atoms with Crippen LogP contribution in [0.1, 0.15) is 40.4 Å². The lowest BCUT2D eigenvalue weighted by Gasteiger charge is -2.26. The number of fused-ring (bicyclic) bond motifs is 1. The van der Waals surface area contributed by atoms with Crippen LogP contribution in [0, 0.1) is 0 Å². The van der Waals surface area contributed by atoms with Crippen molar-refractivity contribution >= 4 is 17.5 Å². The summed E-state index contributed by atoms with van der Waals surface area (Å²) >= 11 is 5.85. The number of aryl methyl sites for hydroxylation is 1. The zero-order valence-corrected chi connectivity index (χ0v) is 12.2. The Labute approximate surface area is 128 Å². The van der Waals surface area contributed by atoms with Crippen molar-refractivity contribution < 1.29 is 9.90 Å². The van der Waals surface area contributed by atoms with E-state index in [2.05, 4.69) is 17.4 Å². The van der Waals surface area contributed by atoms with Gasteiger partial charge in [0.2, 0.25) is 0 Å². The monoisotopic (exact) mass is 301 g/mol. The summed E-state index contributed by atoms with van der Waals surface area (Å²) in [6.07, 6.45) is 3.07. The third kappa shape index (κ3) is 2.88. The number of amides is 1. The van der Waals surface area contributed by atoms with Crippen molar-refractivity contribution in [3.63, 3.8) is 0 Å². The van der Waals surface area contributed by atoms with E-state index >= 15 is 0 Å². The van der Waals surface area contributed by atoms with Crippen molar-refractivity contribution in [3.05, 3.63) is 64.2 Å². The molecule has 1 aliphatic carbocycles. The molecule has 0 fully saturated rings. The number of hydrogen-bond acceptors (Lipinski definition) is 2. The summed E-state index contributed by atoms with van der Waals surface area (Å²) in [5, 5.41) is 12.7. The van der Waals surface area contributed by atoms with E-state index in [0.717, 1.165) is 19.3 Å². The second-order valence-electron chi connectivity index (χ2n) is 5.28. The Morgan fingerprint density at radius 2 is 2.05 bits per heavy atom. The van der Waals surface area contributed by atoms with Gasteiger partial charge in [-0.3, -0.25) is 4.79 Å². The van der Waals surface area contributed by atoms with E-state index in [9.17, 15) is 9.90 Å². The van der Waals surface area contributed by atoms with Crippen molar-refractivity contribution in [2.75, 3.05) is 0 Å². The van der Waals surface area contributed by atoms with Gasteiger partial charge in [-0.15, -0.1) is 0 Å². The maximum absolute atomic E-state index is 12.3. The number of aromatic hydroxyl groups is 1. The quantitative estimate of drug-likeness (QED) is 0.885. The standard InChI is InChI=1S/C17H16ClNO2/c18-14-10-12(8-9-16(14)20)17(21)19-15-7-3-5-11-4-1-2-6-13(11)15/h1-2,4,6,8-10,15,20H,3,5,7H2,(H,19,21)/t15-/m0/s1. The van der Waals surface area contributed by atoms with Crippen molar-refractivity contribution in [2.24, 2.45) is 0 Å². The molecule has 0 spiro atoms. The van der Waals surface area contributed by atoms with Crippen LogP contribution in [-0.4, -0.2) is 11.0 Å². The fourth-order valence-electron chi connectivity index (χ4n) is 2.79. The Morgan fingerprint density at radius 3 is 2.86 bits per heavy atom. The number of phenols is 1. The Bertz CT molecular complexity index is 684. The normalized spacial score (nSPS) is 17.1. The molecule has 4 heteroatoms. The molecule has 0 radical (unpaired) electrons. The van der Waals surface area contributed by atoms with Gasteiger partial charge in [0.1, 0.15) is 5.75 Å². The summed E-state index contributed by atoms with van der Waals surface area (Å²) in [6.45, 7) is 0. The molecule has 2 aromatic rings. The minimum atomic E-state index is -0.168. The van der Waals surface area contributed by atoms with E-state index in [0.29, 0.717) is 5.56 Å². The third-order valence-electron chi connectivity index (χ3n) is 3.88. The van der Waals surface area contributed by atoms with Gasteiger partial charge in [-0.2, -0.15) is 0 Å². The van der Waals surface area contributed by atoms with Crippen LogP contribution >= 0.6 is 11.6 Å². The highest BCUT2D eigenvalue weighted by atomic mass is 35.5. The van der Waals surface area contributed by atoms with E-state index in [1.165, 1.54) is 23.3 Å². The van der Waals surface area contributed by atoms with Crippen LogP contribution in [0.4, 0.5) is 0 Å². The van der Waals surface area contributed by atoms with E-state index < -0.39 is 0 Å².